The molecule has 1 rings (SSSR count). The third kappa shape index (κ3) is 5.18. The minimum atomic E-state index is -3.15. The number of hydrogen-bond acceptors (Lipinski definition) is 3. The molecule has 6 heteroatoms. The molecule has 1 aromatic carbocycles. The smallest absolute Gasteiger partial charge is 0.208 e. The molecule has 1 atom stereocenters. The molecule has 0 saturated heterocycles. The Kier molecular flexibility index (Phi) is 5.34. The van der Waals surface area contributed by atoms with Crippen LogP contribution in [-0.2, 0) is 10.0 Å². The van der Waals surface area contributed by atoms with Crippen LogP contribution in [0.25, 0.3) is 0 Å². The summed E-state index contributed by atoms with van der Waals surface area (Å²) in [6.07, 6.45) is 1.18. The monoisotopic (exact) mass is 286 g/mol. The highest BCUT2D eigenvalue weighted by atomic mass is 32.2. The molecule has 0 aliphatic carbocycles. The fourth-order valence-electron chi connectivity index (χ4n) is 1.89. The summed E-state index contributed by atoms with van der Waals surface area (Å²) in [5.41, 5.74) is 2.26. The lowest BCUT2D eigenvalue weighted by Gasteiger charge is -2.22. The first-order chi connectivity index (χ1) is 8.70. The van der Waals surface area contributed by atoms with Crippen LogP contribution in [-0.4, -0.2) is 49.4 Å². The van der Waals surface area contributed by atoms with E-state index in [4.69, 9.17) is 0 Å². The zero-order chi connectivity index (χ0) is 14.6. The van der Waals surface area contributed by atoms with Gasteiger partial charge in [0.25, 0.3) is 0 Å². The Bertz CT molecular complexity index is 495. The Labute approximate surface area is 116 Å². The lowest BCUT2D eigenvalue weighted by Crippen LogP contribution is -3.07. The summed E-state index contributed by atoms with van der Waals surface area (Å²) in [5, 5.41) is 0. The number of hydrogen-bond donors (Lipinski definition) is 2. The first kappa shape index (κ1) is 15.9. The minimum Gasteiger partial charge on any atom is -0.378 e. The van der Waals surface area contributed by atoms with Gasteiger partial charge in [-0.05, 0) is 12.1 Å². The Morgan fingerprint density at radius 3 is 2.11 bits per heavy atom. The molecule has 0 heterocycles. The number of sulfonamides is 1. The van der Waals surface area contributed by atoms with Gasteiger partial charge in [-0.1, -0.05) is 12.1 Å². The van der Waals surface area contributed by atoms with E-state index in [-0.39, 0.29) is 6.04 Å². The standard InChI is InChI=1S/C13H23N3O2S/c1-15(2)12-8-6-11(7-9-12)13(16(3)4)10-14-19(5,17)18/h6-9,13-14H,10H2,1-5H3/p+1/t13-/m1/s1. The van der Waals surface area contributed by atoms with Crippen LogP contribution in [0, 0.1) is 0 Å². The van der Waals surface area contributed by atoms with E-state index >= 15 is 0 Å². The van der Waals surface area contributed by atoms with Crippen molar-refractivity contribution in [1.29, 1.82) is 0 Å². The van der Waals surface area contributed by atoms with Crippen molar-refractivity contribution in [1.82, 2.24) is 4.72 Å². The first-order valence-corrected chi connectivity index (χ1v) is 8.12. The maximum absolute atomic E-state index is 11.2. The highest BCUT2D eigenvalue weighted by Crippen LogP contribution is 2.16. The molecule has 0 unspecified atom stereocenters. The molecule has 0 aliphatic heterocycles. The molecule has 0 fully saturated rings. The molecule has 5 nitrogen and oxygen atoms in total. The third-order valence-electron chi connectivity index (χ3n) is 3.06. The van der Waals surface area contributed by atoms with Crippen LogP contribution in [0.5, 0.6) is 0 Å². The lowest BCUT2D eigenvalue weighted by molar-refractivity contribution is -0.890. The normalized spacial score (nSPS) is 13.6. The maximum Gasteiger partial charge on any atom is 0.208 e. The molecular weight excluding hydrogens is 262 g/mol. The molecule has 0 radical (unpaired) electrons. The van der Waals surface area contributed by atoms with Crippen LogP contribution in [0.3, 0.4) is 0 Å². The van der Waals surface area contributed by atoms with Gasteiger partial charge in [-0.25, -0.2) is 13.1 Å². The average molecular weight is 286 g/mol. The number of quaternary nitrogens is 1. The summed E-state index contributed by atoms with van der Waals surface area (Å²) < 4.78 is 25.0. The number of anilines is 1. The summed E-state index contributed by atoms with van der Waals surface area (Å²) in [6.45, 7) is 0.405. The van der Waals surface area contributed by atoms with Crippen molar-refractivity contribution in [2.45, 2.75) is 6.04 Å². The number of likely N-dealkylation sites (N-methyl/N-ethyl adjacent to an activating group) is 1. The summed E-state index contributed by atoms with van der Waals surface area (Å²) >= 11 is 0. The summed E-state index contributed by atoms with van der Waals surface area (Å²) in [4.78, 5) is 3.23. The van der Waals surface area contributed by atoms with E-state index in [1.165, 1.54) is 11.2 Å². The van der Waals surface area contributed by atoms with Crippen LogP contribution < -0.4 is 14.5 Å². The van der Waals surface area contributed by atoms with Gasteiger partial charge in [0.15, 0.2) is 0 Å². The van der Waals surface area contributed by atoms with Gasteiger partial charge in [0, 0.05) is 25.3 Å². The molecule has 2 N–H and O–H groups in total. The molecule has 19 heavy (non-hydrogen) atoms. The second-order valence-corrected chi connectivity index (χ2v) is 7.07. The van der Waals surface area contributed by atoms with Gasteiger partial charge < -0.3 is 9.80 Å². The largest absolute Gasteiger partial charge is 0.378 e. The van der Waals surface area contributed by atoms with Crippen molar-refractivity contribution < 1.29 is 13.3 Å². The van der Waals surface area contributed by atoms with E-state index in [1.807, 2.05) is 45.2 Å². The number of nitrogens with one attached hydrogen (secondary N) is 2. The highest BCUT2D eigenvalue weighted by Gasteiger charge is 2.19. The quantitative estimate of drug-likeness (QED) is 0.740. The van der Waals surface area contributed by atoms with Crippen LogP contribution >= 0.6 is 0 Å². The predicted octanol–water partition coefficient (Wildman–Crippen LogP) is -0.513. The molecule has 0 amide bonds. The number of benzene rings is 1. The van der Waals surface area contributed by atoms with Gasteiger partial charge in [-0.3, -0.25) is 0 Å². The molecular formula is C13H24N3O2S+. The predicted molar refractivity (Wildman–Crippen MR) is 79.2 cm³/mol. The van der Waals surface area contributed by atoms with Crippen LogP contribution in [0.4, 0.5) is 5.69 Å². The van der Waals surface area contributed by atoms with Gasteiger partial charge in [-0.15, -0.1) is 0 Å². The van der Waals surface area contributed by atoms with Crippen molar-refractivity contribution >= 4 is 15.7 Å². The molecule has 0 bridgehead atoms. The molecule has 0 aliphatic rings. The van der Waals surface area contributed by atoms with E-state index in [0.717, 1.165) is 11.3 Å². The fourth-order valence-corrected chi connectivity index (χ4v) is 2.36. The lowest BCUT2D eigenvalue weighted by atomic mass is 10.1. The zero-order valence-electron chi connectivity index (χ0n) is 12.3. The third-order valence-corrected chi connectivity index (χ3v) is 3.75. The number of nitrogens with zero attached hydrogens (tertiary/aromatic N) is 1. The summed E-state index contributed by atoms with van der Waals surface area (Å²) in [7, 11) is 4.88. The zero-order valence-corrected chi connectivity index (χ0v) is 13.1. The Morgan fingerprint density at radius 2 is 1.74 bits per heavy atom. The molecule has 1 aromatic rings. The minimum absolute atomic E-state index is 0.103. The summed E-state index contributed by atoms with van der Waals surface area (Å²) in [5.74, 6) is 0. The Balaban J connectivity index is 2.87. The molecule has 0 spiro atoms. The van der Waals surface area contributed by atoms with Crippen LogP contribution in [0.1, 0.15) is 11.6 Å². The van der Waals surface area contributed by atoms with Gasteiger partial charge in [0.2, 0.25) is 10.0 Å². The van der Waals surface area contributed by atoms with E-state index in [2.05, 4.69) is 16.9 Å². The van der Waals surface area contributed by atoms with Gasteiger partial charge in [-0.2, -0.15) is 0 Å². The SMILES string of the molecule is CN(C)c1ccc([C@@H](CNS(C)(=O)=O)[NH+](C)C)cc1. The Morgan fingerprint density at radius 1 is 1.21 bits per heavy atom. The van der Waals surface area contributed by atoms with Gasteiger partial charge in [0.05, 0.1) is 26.9 Å². The first-order valence-electron chi connectivity index (χ1n) is 6.22. The van der Waals surface area contributed by atoms with Gasteiger partial charge in [0.1, 0.15) is 6.04 Å². The highest BCUT2D eigenvalue weighted by molar-refractivity contribution is 7.88. The fraction of sp³-hybridized carbons (Fsp3) is 0.538. The molecule has 108 valence electrons. The van der Waals surface area contributed by atoms with E-state index in [0.29, 0.717) is 6.54 Å². The molecule has 0 saturated carbocycles. The van der Waals surface area contributed by atoms with Crippen molar-refractivity contribution in [3.63, 3.8) is 0 Å². The van der Waals surface area contributed by atoms with E-state index in [1.54, 1.807) is 0 Å². The van der Waals surface area contributed by atoms with Gasteiger partial charge >= 0.3 is 0 Å². The topological polar surface area (TPSA) is 53.9 Å². The maximum atomic E-state index is 11.2. The average Bonchev–Trinajstić information content (AvgIpc) is 2.27. The van der Waals surface area contributed by atoms with Crippen molar-refractivity contribution in [2.24, 2.45) is 0 Å². The summed E-state index contributed by atoms with van der Waals surface area (Å²) in [6, 6.07) is 8.30. The van der Waals surface area contributed by atoms with Crippen molar-refractivity contribution in [3.05, 3.63) is 29.8 Å². The Hall–Kier alpha value is -1.11. The van der Waals surface area contributed by atoms with E-state index < -0.39 is 10.0 Å². The van der Waals surface area contributed by atoms with Crippen molar-refractivity contribution in [2.75, 3.05) is 45.9 Å². The second kappa shape index (κ2) is 6.36. The van der Waals surface area contributed by atoms with E-state index in [9.17, 15) is 8.42 Å². The molecule has 0 aromatic heterocycles. The van der Waals surface area contributed by atoms with Crippen molar-refractivity contribution in [3.8, 4) is 0 Å². The van der Waals surface area contributed by atoms with Crippen LogP contribution in [0.2, 0.25) is 0 Å². The second-order valence-electron chi connectivity index (χ2n) is 5.24. The number of rotatable bonds is 6. The van der Waals surface area contributed by atoms with Crippen LogP contribution in [0.15, 0.2) is 24.3 Å².